The average Bonchev–Trinajstić information content (AvgIpc) is 2.90. The van der Waals surface area contributed by atoms with Gasteiger partial charge in [-0.15, -0.1) is 0 Å². The molecule has 0 fully saturated rings. The van der Waals surface area contributed by atoms with Crippen LogP contribution in [0.1, 0.15) is 11.3 Å². The van der Waals surface area contributed by atoms with Crippen LogP contribution in [0, 0.1) is 6.92 Å². The highest BCUT2D eigenvalue weighted by molar-refractivity contribution is 6.31. The monoisotopic (exact) mass is 356 g/mol. The second-order valence-corrected chi connectivity index (χ2v) is 6.44. The Hall–Kier alpha value is -2.66. The molecule has 0 saturated carbocycles. The predicted octanol–water partition coefficient (Wildman–Crippen LogP) is 4.08. The third-order valence-electron chi connectivity index (χ3n) is 4.24. The Bertz CT molecular complexity index is 965. The van der Waals surface area contributed by atoms with Gasteiger partial charge in [0.15, 0.2) is 11.5 Å². The van der Waals surface area contributed by atoms with Crippen LogP contribution in [-0.2, 0) is 11.2 Å². The van der Waals surface area contributed by atoms with Crippen LogP contribution < -0.4 is 14.8 Å². The fraction of sp³-hybridized carbons (Fsp3) is 0.211. The third kappa shape index (κ3) is 3.15. The summed E-state index contributed by atoms with van der Waals surface area (Å²) in [5, 5.41) is 4.54. The molecule has 25 heavy (non-hydrogen) atoms. The third-order valence-corrected chi connectivity index (χ3v) is 4.48. The van der Waals surface area contributed by atoms with E-state index in [1.54, 1.807) is 12.1 Å². The molecule has 1 aliphatic rings. The number of rotatable bonds is 3. The minimum Gasteiger partial charge on any atom is -0.486 e. The highest BCUT2D eigenvalue weighted by Crippen LogP contribution is 2.33. The number of aromatic nitrogens is 1. The fourth-order valence-electron chi connectivity index (χ4n) is 3.07. The molecule has 0 spiro atoms. The lowest BCUT2D eigenvalue weighted by Crippen LogP contribution is -2.17. The Labute approximate surface area is 149 Å². The molecule has 1 amide bonds. The number of aromatic amines is 1. The van der Waals surface area contributed by atoms with Crippen LogP contribution in [0.3, 0.4) is 0 Å². The minimum atomic E-state index is -0.0966. The Morgan fingerprint density at radius 2 is 1.96 bits per heavy atom. The first-order valence-corrected chi connectivity index (χ1v) is 8.44. The van der Waals surface area contributed by atoms with Crippen molar-refractivity contribution >= 4 is 34.1 Å². The summed E-state index contributed by atoms with van der Waals surface area (Å²) in [5.41, 5.74) is 3.58. The van der Waals surface area contributed by atoms with E-state index in [4.69, 9.17) is 21.1 Å². The molecule has 2 N–H and O–H groups in total. The maximum absolute atomic E-state index is 12.5. The van der Waals surface area contributed by atoms with E-state index in [2.05, 4.69) is 10.3 Å². The van der Waals surface area contributed by atoms with Crippen LogP contribution in [0.4, 0.5) is 5.69 Å². The second kappa shape index (κ2) is 6.33. The minimum absolute atomic E-state index is 0.0966. The fourth-order valence-corrected chi connectivity index (χ4v) is 3.24. The molecular weight excluding hydrogens is 340 g/mol. The zero-order chi connectivity index (χ0) is 17.4. The lowest BCUT2D eigenvalue weighted by atomic mass is 10.1. The van der Waals surface area contributed by atoms with Crippen LogP contribution in [0.5, 0.6) is 11.5 Å². The van der Waals surface area contributed by atoms with Gasteiger partial charge in [-0.2, -0.15) is 0 Å². The number of ether oxygens (including phenoxy) is 2. The molecule has 0 radical (unpaired) electrons. The zero-order valence-electron chi connectivity index (χ0n) is 13.7. The van der Waals surface area contributed by atoms with Gasteiger partial charge in [-0.1, -0.05) is 11.6 Å². The smallest absolute Gasteiger partial charge is 0.228 e. The van der Waals surface area contributed by atoms with Gasteiger partial charge in [0.1, 0.15) is 13.2 Å². The second-order valence-electron chi connectivity index (χ2n) is 6.00. The molecular formula is C19H17ClN2O3. The molecule has 0 saturated heterocycles. The van der Waals surface area contributed by atoms with Crippen molar-refractivity contribution in [2.45, 2.75) is 13.3 Å². The van der Waals surface area contributed by atoms with Gasteiger partial charge >= 0.3 is 0 Å². The number of carbonyl (C=O) groups is 1. The molecule has 0 atom stereocenters. The molecule has 0 unspecified atom stereocenters. The van der Waals surface area contributed by atoms with Crippen molar-refractivity contribution < 1.29 is 14.3 Å². The van der Waals surface area contributed by atoms with Gasteiger partial charge in [-0.25, -0.2) is 0 Å². The summed E-state index contributed by atoms with van der Waals surface area (Å²) < 4.78 is 11.0. The van der Waals surface area contributed by atoms with Gasteiger partial charge in [0.25, 0.3) is 0 Å². The maximum atomic E-state index is 12.5. The van der Waals surface area contributed by atoms with E-state index in [1.165, 1.54) is 0 Å². The van der Waals surface area contributed by atoms with Gasteiger partial charge in [-0.05, 0) is 42.8 Å². The topological polar surface area (TPSA) is 63.4 Å². The Balaban J connectivity index is 1.55. The Kier molecular flexibility index (Phi) is 4.01. The summed E-state index contributed by atoms with van der Waals surface area (Å²) in [5.74, 6) is 1.26. The van der Waals surface area contributed by atoms with E-state index < -0.39 is 0 Å². The summed E-state index contributed by atoms with van der Waals surface area (Å²) in [6, 6.07) is 11.0. The van der Waals surface area contributed by atoms with Crippen molar-refractivity contribution in [1.82, 2.24) is 4.98 Å². The van der Waals surface area contributed by atoms with Crippen LogP contribution in [0.25, 0.3) is 10.9 Å². The lowest BCUT2D eigenvalue weighted by molar-refractivity contribution is -0.115. The van der Waals surface area contributed by atoms with E-state index in [0.29, 0.717) is 35.4 Å². The number of H-pyrrole nitrogens is 1. The Morgan fingerprint density at radius 1 is 1.16 bits per heavy atom. The van der Waals surface area contributed by atoms with Gasteiger partial charge in [0.2, 0.25) is 5.91 Å². The molecule has 3 aromatic rings. The molecule has 2 aromatic carbocycles. The molecule has 5 nitrogen and oxygen atoms in total. The molecule has 1 aromatic heterocycles. The van der Waals surface area contributed by atoms with E-state index in [9.17, 15) is 4.79 Å². The van der Waals surface area contributed by atoms with Gasteiger partial charge in [0, 0.05) is 33.4 Å². The van der Waals surface area contributed by atoms with Crippen molar-refractivity contribution in [3.63, 3.8) is 0 Å². The number of hydrogen-bond donors (Lipinski definition) is 2. The van der Waals surface area contributed by atoms with E-state index in [0.717, 1.165) is 22.2 Å². The van der Waals surface area contributed by atoms with E-state index in [-0.39, 0.29) is 12.3 Å². The number of hydrogen-bond acceptors (Lipinski definition) is 3. The number of nitrogens with one attached hydrogen (secondary N) is 2. The SMILES string of the molecule is Cc1[nH]c2ccc(Cl)cc2c1CC(=O)Nc1ccc2c(c1)OCCO2. The molecule has 0 bridgehead atoms. The number of carbonyl (C=O) groups excluding carboxylic acids is 1. The average molecular weight is 357 g/mol. The first-order valence-electron chi connectivity index (χ1n) is 8.06. The number of halogens is 1. The van der Waals surface area contributed by atoms with E-state index in [1.807, 2.05) is 31.2 Å². The van der Waals surface area contributed by atoms with Crippen molar-refractivity contribution in [3.8, 4) is 11.5 Å². The van der Waals surface area contributed by atoms with Gasteiger partial charge in [0.05, 0.1) is 6.42 Å². The quantitative estimate of drug-likeness (QED) is 0.743. The predicted molar refractivity (Wildman–Crippen MR) is 97.8 cm³/mol. The summed E-state index contributed by atoms with van der Waals surface area (Å²) in [6.07, 6.45) is 0.265. The molecule has 128 valence electrons. The van der Waals surface area contributed by atoms with Crippen LogP contribution in [0.15, 0.2) is 36.4 Å². The largest absolute Gasteiger partial charge is 0.486 e. The van der Waals surface area contributed by atoms with Crippen molar-refractivity contribution in [1.29, 1.82) is 0 Å². The summed E-state index contributed by atoms with van der Waals surface area (Å²) in [4.78, 5) is 15.8. The number of fused-ring (bicyclic) bond motifs is 2. The molecule has 4 rings (SSSR count). The van der Waals surface area contributed by atoms with Crippen LogP contribution in [-0.4, -0.2) is 24.1 Å². The van der Waals surface area contributed by atoms with Crippen molar-refractivity contribution in [2.75, 3.05) is 18.5 Å². The summed E-state index contributed by atoms with van der Waals surface area (Å²) in [7, 11) is 0. The molecule has 1 aliphatic heterocycles. The highest BCUT2D eigenvalue weighted by Gasteiger charge is 2.15. The normalized spacial score (nSPS) is 13.0. The number of anilines is 1. The number of amides is 1. The van der Waals surface area contributed by atoms with Crippen LogP contribution in [0.2, 0.25) is 5.02 Å². The maximum Gasteiger partial charge on any atom is 0.228 e. The zero-order valence-corrected chi connectivity index (χ0v) is 14.4. The number of aryl methyl sites for hydroxylation is 1. The summed E-state index contributed by atoms with van der Waals surface area (Å²) >= 11 is 6.09. The van der Waals surface area contributed by atoms with E-state index >= 15 is 0 Å². The highest BCUT2D eigenvalue weighted by atomic mass is 35.5. The molecule has 2 heterocycles. The van der Waals surface area contributed by atoms with Crippen LogP contribution >= 0.6 is 11.6 Å². The van der Waals surface area contributed by atoms with Crippen molar-refractivity contribution in [2.24, 2.45) is 0 Å². The lowest BCUT2D eigenvalue weighted by Gasteiger charge is -2.19. The standard InChI is InChI=1S/C19H17ClN2O3/c1-11-14(15-8-12(20)2-4-16(15)21-11)10-19(23)22-13-3-5-17-18(9-13)25-7-6-24-17/h2-5,8-9,21H,6-7,10H2,1H3,(H,22,23). The Morgan fingerprint density at radius 3 is 2.80 bits per heavy atom. The first kappa shape index (κ1) is 15.8. The first-order chi connectivity index (χ1) is 12.1. The summed E-state index contributed by atoms with van der Waals surface area (Å²) in [6.45, 7) is 3.02. The molecule has 0 aliphatic carbocycles. The number of benzene rings is 2. The van der Waals surface area contributed by atoms with Gasteiger partial charge in [-0.3, -0.25) is 4.79 Å². The molecule has 6 heteroatoms. The van der Waals surface area contributed by atoms with Crippen molar-refractivity contribution in [3.05, 3.63) is 52.7 Å². The van der Waals surface area contributed by atoms with Gasteiger partial charge < -0.3 is 19.8 Å².